The fraction of sp³-hybridized carbons (Fsp3) is 0.900. The van der Waals surface area contributed by atoms with E-state index in [0.717, 1.165) is 0 Å². The SMILES string of the molecule is CC(N)CC(=O)NC(C)(C)C1CC1. The maximum Gasteiger partial charge on any atom is 0.221 e. The number of nitrogens with two attached hydrogens (primary N) is 1. The highest BCUT2D eigenvalue weighted by Gasteiger charge is 2.38. The zero-order valence-corrected chi connectivity index (χ0v) is 8.76. The second-order valence-corrected chi connectivity index (χ2v) is 4.73. The lowest BCUT2D eigenvalue weighted by Crippen LogP contribution is -2.46. The number of amides is 1. The highest BCUT2D eigenvalue weighted by atomic mass is 16.1. The lowest BCUT2D eigenvalue weighted by molar-refractivity contribution is -0.123. The fourth-order valence-electron chi connectivity index (χ4n) is 1.61. The van der Waals surface area contributed by atoms with Crippen LogP contribution in [0.5, 0.6) is 0 Å². The normalized spacial score (nSPS) is 19.7. The maximum absolute atomic E-state index is 11.4. The van der Waals surface area contributed by atoms with E-state index >= 15 is 0 Å². The van der Waals surface area contributed by atoms with Crippen molar-refractivity contribution in [3.63, 3.8) is 0 Å². The molecule has 1 aliphatic carbocycles. The molecule has 76 valence electrons. The summed E-state index contributed by atoms with van der Waals surface area (Å²) in [5.41, 5.74) is 5.51. The Bertz CT molecular complexity index is 195. The van der Waals surface area contributed by atoms with Crippen molar-refractivity contribution in [3.05, 3.63) is 0 Å². The molecule has 0 heterocycles. The molecule has 3 heteroatoms. The van der Waals surface area contributed by atoms with Gasteiger partial charge in [0.15, 0.2) is 0 Å². The third-order valence-corrected chi connectivity index (χ3v) is 2.57. The van der Waals surface area contributed by atoms with Gasteiger partial charge in [-0.3, -0.25) is 4.79 Å². The van der Waals surface area contributed by atoms with E-state index in [0.29, 0.717) is 12.3 Å². The van der Waals surface area contributed by atoms with Crippen molar-refractivity contribution in [2.75, 3.05) is 0 Å². The first kappa shape index (κ1) is 10.5. The summed E-state index contributed by atoms with van der Waals surface area (Å²) in [7, 11) is 0. The molecule has 13 heavy (non-hydrogen) atoms. The van der Waals surface area contributed by atoms with E-state index in [1.165, 1.54) is 12.8 Å². The Balaban J connectivity index is 2.33. The van der Waals surface area contributed by atoms with Gasteiger partial charge in [-0.25, -0.2) is 0 Å². The second-order valence-electron chi connectivity index (χ2n) is 4.73. The molecular formula is C10H20N2O. The third kappa shape index (κ3) is 3.35. The van der Waals surface area contributed by atoms with Crippen LogP contribution in [-0.2, 0) is 4.79 Å². The lowest BCUT2D eigenvalue weighted by Gasteiger charge is -2.26. The molecule has 1 rings (SSSR count). The van der Waals surface area contributed by atoms with Crippen molar-refractivity contribution in [2.24, 2.45) is 11.7 Å². The Morgan fingerprint density at radius 3 is 2.54 bits per heavy atom. The molecule has 0 bridgehead atoms. The van der Waals surface area contributed by atoms with Gasteiger partial charge in [-0.1, -0.05) is 0 Å². The number of carbonyl (C=O) groups excluding carboxylic acids is 1. The predicted molar refractivity (Wildman–Crippen MR) is 53.2 cm³/mol. The lowest BCUT2D eigenvalue weighted by atomic mass is 9.98. The standard InChI is InChI=1S/C10H20N2O/c1-7(11)6-9(13)12-10(2,3)8-4-5-8/h7-8H,4-6,11H2,1-3H3,(H,12,13). The van der Waals surface area contributed by atoms with Gasteiger partial charge in [0, 0.05) is 18.0 Å². The van der Waals surface area contributed by atoms with Gasteiger partial charge in [-0.15, -0.1) is 0 Å². The van der Waals surface area contributed by atoms with Gasteiger partial charge < -0.3 is 11.1 Å². The van der Waals surface area contributed by atoms with Crippen LogP contribution in [0.1, 0.15) is 40.0 Å². The smallest absolute Gasteiger partial charge is 0.221 e. The molecule has 1 aliphatic rings. The van der Waals surface area contributed by atoms with E-state index in [1.54, 1.807) is 0 Å². The summed E-state index contributed by atoms with van der Waals surface area (Å²) < 4.78 is 0. The summed E-state index contributed by atoms with van der Waals surface area (Å²) in [4.78, 5) is 11.4. The molecule has 0 aromatic rings. The van der Waals surface area contributed by atoms with E-state index in [9.17, 15) is 4.79 Å². The summed E-state index contributed by atoms with van der Waals surface area (Å²) in [6.45, 7) is 6.03. The molecule has 0 spiro atoms. The molecule has 0 aromatic carbocycles. The van der Waals surface area contributed by atoms with Crippen LogP contribution in [0.15, 0.2) is 0 Å². The zero-order chi connectivity index (χ0) is 10.1. The first-order valence-electron chi connectivity index (χ1n) is 4.98. The molecule has 1 fully saturated rings. The molecule has 1 saturated carbocycles. The van der Waals surface area contributed by atoms with Crippen LogP contribution in [0.4, 0.5) is 0 Å². The number of nitrogens with one attached hydrogen (secondary N) is 1. The largest absolute Gasteiger partial charge is 0.351 e. The van der Waals surface area contributed by atoms with Crippen LogP contribution >= 0.6 is 0 Å². The van der Waals surface area contributed by atoms with Crippen molar-refractivity contribution in [1.29, 1.82) is 0 Å². The molecule has 3 nitrogen and oxygen atoms in total. The van der Waals surface area contributed by atoms with E-state index in [1.807, 2.05) is 6.92 Å². The summed E-state index contributed by atoms with van der Waals surface area (Å²) in [6.07, 6.45) is 2.91. The van der Waals surface area contributed by atoms with Crippen LogP contribution in [0.2, 0.25) is 0 Å². The Hall–Kier alpha value is -0.570. The Labute approximate surface area is 80.1 Å². The topological polar surface area (TPSA) is 55.1 Å². The molecule has 3 N–H and O–H groups in total. The van der Waals surface area contributed by atoms with Gasteiger partial charge >= 0.3 is 0 Å². The van der Waals surface area contributed by atoms with Crippen molar-refractivity contribution < 1.29 is 4.79 Å². The van der Waals surface area contributed by atoms with Crippen molar-refractivity contribution in [1.82, 2.24) is 5.32 Å². The molecular weight excluding hydrogens is 164 g/mol. The zero-order valence-electron chi connectivity index (χ0n) is 8.76. The number of carbonyl (C=O) groups is 1. The minimum absolute atomic E-state index is 0.0357. The second kappa shape index (κ2) is 3.66. The average molecular weight is 184 g/mol. The first-order valence-corrected chi connectivity index (χ1v) is 4.98. The maximum atomic E-state index is 11.4. The predicted octanol–water partition coefficient (Wildman–Crippen LogP) is 1.03. The van der Waals surface area contributed by atoms with Crippen LogP contribution in [0, 0.1) is 5.92 Å². The van der Waals surface area contributed by atoms with Crippen molar-refractivity contribution in [3.8, 4) is 0 Å². The monoisotopic (exact) mass is 184 g/mol. The Morgan fingerprint density at radius 1 is 1.62 bits per heavy atom. The quantitative estimate of drug-likeness (QED) is 0.685. The summed E-state index contributed by atoms with van der Waals surface area (Å²) in [6, 6.07) is -0.0463. The minimum Gasteiger partial charge on any atom is -0.351 e. The van der Waals surface area contributed by atoms with Gasteiger partial charge in [0.2, 0.25) is 5.91 Å². The molecule has 1 amide bonds. The number of hydrogen-bond donors (Lipinski definition) is 2. The number of rotatable bonds is 4. The van der Waals surface area contributed by atoms with Gasteiger partial charge in [0.25, 0.3) is 0 Å². The molecule has 0 radical (unpaired) electrons. The van der Waals surface area contributed by atoms with Crippen molar-refractivity contribution in [2.45, 2.75) is 51.6 Å². The third-order valence-electron chi connectivity index (χ3n) is 2.57. The van der Waals surface area contributed by atoms with Gasteiger partial charge in [0.1, 0.15) is 0 Å². The van der Waals surface area contributed by atoms with E-state index in [4.69, 9.17) is 5.73 Å². The summed E-state index contributed by atoms with van der Waals surface area (Å²) in [5, 5.41) is 3.03. The Kier molecular flexibility index (Phi) is 2.96. The fourth-order valence-corrected chi connectivity index (χ4v) is 1.61. The molecule has 0 aromatic heterocycles. The Morgan fingerprint density at radius 2 is 2.15 bits per heavy atom. The molecule has 1 unspecified atom stereocenters. The van der Waals surface area contributed by atoms with Crippen LogP contribution in [0.25, 0.3) is 0 Å². The van der Waals surface area contributed by atoms with Gasteiger partial charge in [-0.05, 0) is 39.5 Å². The number of hydrogen-bond acceptors (Lipinski definition) is 2. The van der Waals surface area contributed by atoms with Crippen LogP contribution < -0.4 is 11.1 Å². The molecule has 0 aliphatic heterocycles. The first-order chi connectivity index (χ1) is 5.92. The van der Waals surface area contributed by atoms with Crippen molar-refractivity contribution >= 4 is 5.91 Å². The highest BCUT2D eigenvalue weighted by Crippen LogP contribution is 2.39. The minimum atomic E-state index is -0.0463. The van der Waals surface area contributed by atoms with Gasteiger partial charge in [-0.2, -0.15) is 0 Å². The van der Waals surface area contributed by atoms with E-state index in [-0.39, 0.29) is 17.5 Å². The van der Waals surface area contributed by atoms with E-state index < -0.39 is 0 Å². The summed E-state index contributed by atoms with van der Waals surface area (Å²) >= 11 is 0. The average Bonchev–Trinajstić information content (AvgIpc) is 2.60. The van der Waals surface area contributed by atoms with Crippen LogP contribution in [-0.4, -0.2) is 17.5 Å². The summed E-state index contributed by atoms with van der Waals surface area (Å²) in [5.74, 6) is 0.747. The highest BCUT2D eigenvalue weighted by molar-refractivity contribution is 5.77. The van der Waals surface area contributed by atoms with Crippen LogP contribution in [0.3, 0.4) is 0 Å². The molecule has 1 atom stereocenters. The van der Waals surface area contributed by atoms with E-state index in [2.05, 4.69) is 19.2 Å². The van der Waals surface area contributed by atoms with Gasteiger partial charge in [0.05, 0.1) is 0 Å². The molecule has 0 saturated heterocycles.